The SMILES string of the molecule is COc1cc[c]cc1CO[SH](=O)=O. The molecule has 0 atom stereocenters. The fourth-order valence-electron chi connectivity index (χ4n) is 0.885. The first-order chi connectivity index (χ1) is 6.24. The number of rotatable bonds is 4. The second-order valence-electron chi connectivity index (χ2n) is 2.23. The van der Waals surface area contributed by atoms with Crippen molar-refractivity contribution in [3.63, 3.8) is 0 Å². The smallest absolute Gasteiger partial charge is 0.257 e. The van der Waals surface area contributed by atoms with E-state index in [4.69, 9.17) is 4.74 Å². The van der Waals surface area contributed by atoms with Crippen LogP contribution in [0.1, 0.15) is 5.56 Å². The van der Waals surface area contributed by atoms with Crippen molar-refractivity contribution in [1.82, 2.24) is 0 Å². The summed E-state index contributed by atoms with van der Waals surface area (Å²) in [6.45, 7) is -0.0147. The van der Waals surface area contributed by atoms with E-state index in [-0.39, 0.29) is 6.61 Å². The predicted octanol–water partition coefficient (Wildman–Crippen LogP) is 0.538. The minimum Gasteiger partial charge on any atom is -0.496 e. The van der Waals surface area contributed by atoms with E-state index < -0.39 is 11.0 Å². The van der Waals surface area contributed by atoms with Gasteiger partial charge in [-0.1, -0.05) is 6.07 Å². The molecule has 0 N–H and O–H groups in total. The molecule has 0 saturated heterocycles. The summed E-state index contributed by atoms with van der Waals surface area (Å²) < 4.78 is 29.7. The summed E-state index contributed by atoms with van der Waals surface area (Å²) in [5.74, 6) is 0.593. The molecule has 1 radical (unpaired) electrons. The average Bonchev–Trinajstić information content (AvgIpc) is 2.15. The first-order valence-corrected chi connectivity index (χ1v) is 4.64. The van der Waals surface area contributed by atoms with E-state index in [0.717, 1.165) is 0 Å². The van der Waals surface area contributed by atoms with Gasteiger partial charge in [0.05, 0.1) is 13.7 Å². The van der Waals surface area contributed by atoms with Crippen LogP contribution < -0.4 is 4.74 Å². The van der Waals surface area contributed by atoms with E-state index in [1.807, 2.05) is 0 Å². The number of thiol groups is 1. The summed E-state index contributed by atoms with van der Waals surface area (Å²) in [6, 6.07) is 7.80. The lowest BCUT2D eigenvalue weighted by molar-refractivity contribution is 0.312. The zero-order chi connectivity index (χ0) is 9.68. The molecule has 0 aliphatic rings. The van der Waals surface area contributed by atoms with Crippen LogP contribution in [0.25, 0.3) is 0 Å². The van der Waals surface area contributed by atoms with Crippen molar-refractivity contribution < 1.29 is 17.3 Å². The number of hydrogen-bond donors (Lipinski definition) is 1. The first-order valence-electron chi connectivity index (χ1n) is 3.54. The van der Waals surface area contributed by atoms with Crippen LogP contribution in [0.2, 0.25) is 0 Å². The zero-order valence-electron chi connectivity index (χ0n) is 7.02. The van der Waals surface area contributed by atoms with Gasteiger partial charge in [-0.15, -0.1) is 0 Å². The van der Waals surface area contributed by atoms with Crippen LogP contribution in [-0.4, -0.2) is 15.5 Å². The maximum absolute atomic E-state index is 10.1. The highest BCUT2D eigenvalue weighted by Crippen LogP contribution is 2.17. The molecular formula is C8H9O4S. The summed E-state index contributed by atoms with van der Waals surface area (Å²) in [7, 11) is -1.30. The van der Waals surface area contributed by atoms with Gasteiger partial charge in [0.2, 0.25) is 0 Å². The predicted molar refractivity (Wildman–Crippen MR) is 46.9 cm³/mol. The van der Waals surface area contributed by atoms with E-state index in [1.54, 1.807) is 18.2 Å². The molecule has 0 aliphatic carbocycles. The summed E-state index contributed by atoms with van der Waals surface area (Å²) in [5, 5.41) is 0. The number of hydrogen-bond acceptors (Lipinski definition) is 4. The summed E-state index contributed by atoms with van der Waals surface area (Å²) in [4.78, 5) is 0. The van der Waals surface area contributed by atoms with E-state index in [1.165, 1.54) is 7.11 Å². The van der Waals surface area contributed by atoms with E-state index >= 15 is 0 Å². The van der Waals surface area contributed by atoms with Gasteiger partial charge in [-0.3, -0.25) is 4.18 Å². The molecule has 4 nitrogen and oxygen atoms in total. The summed E-state index contributed by atoms with van der Waals surface area (Å²) in [5.41, 5.74) is 0.657. The zero-order valence-corrected chi connectivity index (χ0v) is 7.91. The normalized spacial score (nSPS) is 10.3. The quantitative estimate of drug-likeness (QED) is 0.722. The Morgan fingerprint density at radius 2 is 2.31 bits per heavy atom. The lowest BCUT2D eigenvalue weighted by Crippen LogP contribution is -1.94. The topological polar surface area (TPSA) is 52.6 Å². The van der Waals surface area contributed by atoms with Gasteiger partial charge in [0.15, 0.2) is 0 Å². The van der Waals surface area contributed by atoms with Crippen molar-refractivity contribution in [3.8, 4) is 5.75 Å². The molecule has 0 heterocycles. The standard InChI is InChI=1S/C8H9O4S/c1-11-8-5-3-2-4-7(8)6-12-13(9)10/h3-5,13H,6H2,1H3. The molecule has 0 bridgehead atoms. The minimum atomic E-state index is -2.81. The van der Waals surface area contributed by atoms with Crippen molar-refractivity contribution in [3.05, 3.63) is 29.8 Å². The molecule has 1 aromatic rings. The van der Waals surface area contributed by atoms with Gasteiger partial charge in [0.25, 0.3) is 11.0 Å². The largest absolute Gasteiger partial charge is 0.496 e. The molecule has 0 fully saturated rings. The third-order valence-electron chi connectivity index (χ3n) is 1.45. The molecule has 0 saturated carbocycles. The number of benzene rings is 1. The third-order valence-corrected chi connectivity index (χ3v) is 1.79. The minimum absolute atomic E-state index is 0.0147. The van der Waals surface area contributed by atoms with Crippen molar-refractivity contribution in [2.24, 2.45) is 0 Å². The Balaban J connectivity index is 2.75. The molecule has 13 heavy (non-hydrogen) atoms. The van der Waals surface area contributed by atoms with Crippen LogP contribution in [0.4, 0.5) is 0 Å². The molecule has 5 heteroatoms. The molecule has 0 aromatic heterocycles. The second kappa shape index (κ2) is 4.84. The Bertz CT molecular complexity index is 338. The highest BCUT2D eigenvalue weighted by molar-refractivity contribution is 7.67. The van der Waals surface area contributed by atoms with Crippen molar-refractivity contribution >= 4 is 11.0 Å². The Morgan fingerprint density at radius 1 is 1.54 bits per heavy atom. The number of methoxy groups -OCH3 is 1. The highest BCUT2D eigenvalue weighted by Gasteiger charge is 2.01. The van der Waals surface area contributed by atoms with Crippen LogP contribution in [0.5, 0.6) is 5.75 Å². The van der Waals surface area contributed by atoms with Crippen LogP contribution >= 0.6 is 0 Å². The first kappa shape index (κ1) is 10.0. The Hall–Kier alpha value is -1.07. The van der Waals surface area contributed by atoms with Crippen LogP contribution in [0.15, 0.2) is 18.2 Å². The monoisotopic (exact) mass is 201 g/mol. The van der Waals surface area contributed by atoms with E-state index in [2.05, 4.69) is 10.2 Å². The Kier molecular flexibility index (Phi) is 3.72. The van der Waals surface area contributed by atoms with Gasteiger partial charge in [-0.2, -0.15) is 0 Å². The lowest BCUT2D eigenvalue weighted by atomic mass is 10.2. The number of ether oxygens (including phenoxy) is 1. The average molecular weight is 201 g/mol. The van der Waals surface area contributed by atoms with Crippen LogP contribution in [-0.2, 0) is 21.8 Å². The third kappa shape index (κ3) is 3.04. The van der Waals surface area contributed by atoms with E-state index in [0.29, 0.717) is 11.3 Å². The fourth-order valence-corrected chi connectivity index (χ4v) is 1.13. The Labute approximate surface area is 78.3 Å². The van der Waals surface area contributed by atoms with Crippen molar-refractivity contribution in [2.45, 2.75) is 6.61 Å². The maximum atomic E-state index is 10.1. The molecule has 0 aliphatic heterocycles. The van der Waals surface area contributed by atoms with Gasteiger partial charge in [0, 0.05) is 5.56 Å². The molecule has 71 valence electrons. The summed E-state index contributed by atoms with van der Waals surface area (Å²) in [6.07, 6.45) is 0. The lowest BCUT2D eigenvalue weighted by Gasteiger charge is -2.04. The van der Waals surface area contributed by atoms with Gasteiger partial charge in [0.1, 0.15) is 5.75 Å². The van der Waals surface area contributed by atoms with Crippen LogP contribution in [0, 0.1) is 6.07 Å². The van der Waals surface area contributed by atoms with Crippen LogP contribution in [0.3, 0.4) is 0 Å². The molecule has 0 unspecified atom stereocenters. The van der Waals surface area contributed by atoms with Crippen molar-refractivity contribution in [2.75, 3.05) is 7.11 Å². The van der Waals surface area contributed by atoms with Gasteiger partial charge in [-0.05, 0) is 18.2 Å². The second-order valence-corrected chi connectivity index (χ2v) is 2.94. The van der Waals surface area contributed by atoms with Gasteiger partial charge in [-0.25, -0.2) is 8.42 Å². The van der Waals surface area contributed by atoms with E-state index in [9.17, 15) is 8.42 Å². The Morgan fingerprint density at radius 3 is 2.92 bits per heavy atom. The van der Waals surface area contributed by atoms with Gasteiger partial charge >= 0.3 is 0 Å². The molecule has 1 rings (SSSR count). The highest BCUT2D eigenvalue weighted by atomic mass is 32.2. The maximum Gasteiger partial charge on any atom is 0.257 e. The molecule has 0 spiro atoms. The van der Waals surface area contributed by atoms with Gasteiger partial charge < -0.3 is 4.74 Å². The molecule has 1 aromatic carbocycles. The van der Waals surface area contributed by atoms with Crippen molar-refractivity contribution in [1.29, 1.82) is 0 Å². The summed E-state index contributed by atoms with van der Waals surface area (Å²) >= 11 is 0. The molecular weight excluding hydrogens is 192 g/mol. The fraction of sp³-hybridized carbons (Fsp3) is 0.250. The molecule has 0 amide bonds.